The van der Waals surface area contributed by atoms with Gasteiger partial charge >= 0.3 is 0 Å². The third-order valence-electron chi connectivity index (χ3n) is 3.90. The fourth-order valence-electron chi connectivity index (χ4n) is 2.55. The molecular weight excluding hydrogens is 424 g/mol. The lowest BCUT2D eigenvalue weighted by Crippen LogP contribution is -2.18. The summed E-state index contributed by atoms with van der Waals surface area (Å²) in [5.74, 6) is -2.31. The molecule has 7 nitrogen and oxygen atoms in total. The molecule has 1 unspecified atom stereocenters. The molecule has 29 heavy (non-hydrogen) atoms. The molecule has 11 heteroatoms. The highest BCUT2D eigenvalue weighted by Gasteiger charge is 2.19. The van der Waals surface area contributed by atoms with E-state index in [4.69, 9.17) is 22.0 Å². The Bertz CT molecular complexity index is 1130. The maximum atomic E-state index is 13.9. The zero-order valence-electron chi connectivity index (χ0n) is 14.5. The Balaban J connectivity index is 1.85. The Morgan fingerprint density at radius 3 is 2.72 bits per heavy atom. The summed E-state index contributed by atoms with van der Waals surface area (Å²) in [6.45, 7) is 0. The number of aromatic nitrogens is 2. The Morgan fingerprint density at radius 2 is 2.07 bits per heavy atom. The molecule has 0 bridgehead atoms. The van der Waals surface area contributed by atoms with Crippen LogP contribution in [0.4, 0.5) is 14.5 Å². The van der Waals surface area contributed by atoms with Crippen molar-refractivity contribution in [3.8, 4) is 11.8 Å². The molecule has 3 rings (SSSR count). The van der Waals surface area contributed by atoms with Crippen LogP contribution in [0, 0.1) is 23.0 Å². The van der Waals surface area contributed by atoms with Crippen molar-refractivity contribution in [3.63, 3.8) is 0 Å². The van der Waals surface area contributed by atoms with E-state index in [1.807, 2.05) is 6.07 Å². The monoisotopic (exact) mass is 435 g/mol. The molecule has 0 fully saturated rings. The van der Waals surface area contributed by atoms with Gasteiger partial charge in [-0.2, -0.15) is 10.4 Å². The van der Waals surface area contributed by atoms with E-state index < -0.39 is 40.3 Å². The van der Waals surface area contributed by atoms with Crippen LogP contribution < -0.4 is 10.5 Å². The fraction of sp³-hybridized carbons (Fsp3) is 0.0556. The first-order valence-corrected chi connectivity index (χ1v) is 9.57. The zero-order valence-corrected chi connectivity index (χ0v) is 16.1. The predicted octanol–water partition coefficient (Wildman–Crippen LogP) is 2.84. The van der Waals surface area contributed by atoms with Gasteiger partial charge in [0.25, 0.3) is 0 Å². The van der Waals surface area contributed by atoms with Crippen LogP contribution in [-0.2, 0) is 22.6 Å². The van der Waals surface area contributed by atoms with Gasteiger partial charge in [-0.05, 0) is 24.3 Å². The molecule has 2 aromatic carbocycles. The molecule has 0 spiro atoms. The van der Waals surface area contributed by atoms with Gasteiger partial charge in [-0.25, -0.2) is 13.5 Å². The number of halogens is 3. The molecule has 0 saturated heterocycles. The molecule has 1 heterocycles. The molecule has 0 aliphatic rings. The second-order valence-corrected chi connectivity index (χ2v) is 7.22. The minimum absolute atomic E-state index is 0.144. The number of nitrogens with zero attached hydrogens (tertiary/aromatic N) is 3. The highest BCUT2D eigenvalue weighted by atomic mass is 35.5. The van der Waals surface area contributed by atoms with Gasteiger partial charge in [0.1, 0.15) is 23.4 Å². The van der Waals surface area contributed by atoms with E-state index in [9.17, 15) is 18.1 Å². The van der Waals surface area contributed by atoms with Crippen molar-refractivity contribution in [3.05, 3.63) is 70.5 Å². The average molecular weight is 436 g/mol. The smallest absolute Gasteiger partial charge is 0.228 e. The highest BCUT2D eigenvalue weighted by Crippen LogP contribution is 2.25. The summed E-state index contributed by atoms with van der Waals surface area (Å²) in [7, 11) is 0. The molecule has 148 valence electrons. The number of hydrogen-bond acceptors (Lipinski definition) is 5. The second kappa shape index (κ2) is 8.59. The first-order chi connectivity index (χ1) is 13.8. The lowest BCUT2D eigenvalue weighted by atomic mass is 10.1. The lowest BCUT2D eigenvalue weighted by molar-refractivity contribution is -0.115. The highest BCUT2D eigenvalue weighted by molar-refractivity contribution is 7.89. The van der Waals surface area contributed by atoms with Crippen molar-refractivity contribution in [2.45, 2.75) is 11.3 Å². The largest absolute Gasteiger partial charge is 0.593 e. The number of rotatable bonds is 5. The number of carbonyl (C=O) groups excluding carboxylic acids is 1. The fourth-order valence-corrected chi connectivity index (χ4v) is 3.38. The van der Waals surface area contributed by atoms with Crippen LogP contribution in [-0.4, -0.2) is 20.2 Å². The predicted molar refractivity (Wildman–Crippen MR) is 103 cm³/mol. The van der Waals surface area contributed by atoms with Crippen LogP contribution in [0.3, 0.4) is 0 Å². The van der Waals surface area contributed by atoms with Gasteiger partial charge < -0.3 is 9.87 Å². The summed E-state index contributed by atoms with van der Waals surface area (Å²) >= 11 is 3.80. The summed E-state index contributed by atoms with van der Waals surface area (Å²) in [5, 5.41) is 20.4. The number of anilines is 1. The van der Waals surface area contributed by atoms with Crippen LogP contribution in [0.25, 0.3) is 5.69 Å². The van der Waals surface area contributed by atoms with Crippen molar-refractivity contribution in [2.75, 3.05) is 5.32 Å². The van der Waals surface area contributed by atoms with E-state index in [1.165, 1.54) is 35.3 Å². The molecule has 0 aliphatic carbocycles. The Labute approximate surface area is 172 Å². The van der Waals surface area contributed by atoms with Gasteiger partial charge in [-0.3, -0.25) is 4.79 Å². The van der Waals surface area contributed by atoms with Crippen LogP contribution in [0.15, 0.2) is 47.6 Å². The van der Waals surface area contributed by atoms with Crippen molar-refractivity contribution >= 4 is 34.6 Å². The van der Waals surface area contributed by atoms with Crippen LogP contribution >= 0.6 is 11.6 Å². The van der Waals surface area contributed by atoms with E-state index in [1.54, 1.807) is 0 Å². The van der Waals surface area contributed by atoms with E-state index >= 15 is 0 Å². The van der Waals surface area contributed by atoms with Gasteiger partial charge in [0.2, 0.25) is 10.8 Å². The quantitative estimate of drug-likeness (QED) is 0.471. The number of benzene rings is 2. The summed E-state index contributed by atoms with van der Waals surface area (Å²) < 4.78 is 40.6. The molecule has 0 radical (unpaired) electrons. The molecule has 3 N–H and O–H groups in total. The minimum Gasteiger partial charge on any atom is -0.593 e. The standard InChI is InChI=1S/C18H12ClF2N5O2S/c19-18-12(13(20)2-3-14(18)21)6-17(27)25-11-1-4-15(16(5-11)29(23)28)26-9-10(7-22)8-24-26/h1-5,8-9H,6,23H2,(H,25,27). The van der Waals surface area contributed by atoms with Crippen molar-refractivity contribution in [2.24, 2.45) is 5.14 Å². The third-order valence-corrected chi connectivity index (χ3v) is 5.06. The van der Waals surface area contributed by atoms with E-state index in [2.05, 4.69) is 10.4 Å². The van der Waals surface area contributed by atoms with Crippen molar-refractivity contribution in [1.82, 2.24) is 9.78 Å². The van der Waals surface area contributed by atoms with Crippen LogP contribution in [0.2, 0.25) is 5.02 Å². The number of nitrogens with one attached hydrogen (secondary N) is 1. The Morgan fingerprint density at radius 1 is 1.34 bits per heavy atom. The minimum atomic E-state index is -1.93. The summed E-state index contributed by atoms with van der Waals surface area (Å²) in [5.41, 5.74) is 0.604. The molecule has 1 aromatic heterocycles. The number of hydrogen-bond donors (Lipinski definition) is 2. The molecule has 1 atom stereocenters. The topological polar surface area (TPSA) is 120 Å². The van der Waals surface area contributed by atoms with E-state index in [0.29, 0.717) is 11.3 Å². The Hall–Kier alpha value is -2.97. The Kier molecular flexibility index (Phi) is 6.14. The SMILES string of the molecule is N#Cc1cnn(-c2ccc(NC(=O)Cc3c(F)ccc(F)c3Cl)cc2[S+](N)[O-])c1. The first kappa shape index (κ1) is 20.8. The normalized spacial score (nSPS) is 11.7. The first-order valence-electron chi connectivity index (χ1n) is 7.97. The van der Waals surface area contributed by atoms with E-state index in [-0.39, 0.29) is 16.1 Å². The maximum absolute atomic E-state index is 13.9. The number of carbonyl (C=O) groups is 1. The third kappa shape index (κ3) is 4.55. The van der Waals surface area contributed by atoms with Gasteiger partial charge in [-0.15, -0.1) is 5.14 Å². The molecule has 0 saturated carbocycles. The summed E-state index contributed by atoms with van der Waals surface area (Å²) in [6, 6.07) is 8.02. The van der Waals surface area contributed by atoms with Crippen LogP contribution in [0.1, 0.15) is 11.1 Å². The zero-order chi connectivity index (χ0) is 21.1. The number of amides is 1. The van der Waals surface area contributed by atoms with E-state index in [0.717, 1.165) is 12.1 Å². The maximum Gasteiger partial charge on any atom is 0.228 e. The number of nitriles is 1. The summed E-state index contributed by atoms with van der Waals surface area (Å²) in [6.07, 6.45) is 2.25. The molecular formula is C18H12ClF2N5O2S. The average Bonchev–Trinajstić information content (AvgIpc) is 3.17. The summed E-state index contributed by atoms with van der Waals surface area (Å²) in [4.78, 5) is 12.4. The second-order valence-electron chi connectivity index (χ2n) is 5.81. The van der Waals surface area contributed by atoms with Gasteiger partial charge in [0, 0.05) is 23.5 Å². The molecule has 1 amide bonds. The van der Waals surface area contributed by atoms with Crippen molar-refractivity contribution in [1.29, 1.82) is 5.26 Å². The van der Waals surface area contributed by atoms with Crippen LogP contribution in [0.5, 0.6) is 0 Å². The lowest BCUT2D eigenvalue weighted by Gasteiger charge is -2.12. The van der Waals surface area contributed by atoms with Crippen molar-refractivity contribution < 1.29 is 18.1 Å². The molecule has 0 aliphatic heterocycles. The van der Waals surface area contributed by atoms with Gasteiger partial charge in [0.05, 0.1) is 34.6 Å². The van der Waals surface area contributed by atoms with Gasteiger partial charge in [0.15, 0.2) is 0 Å². The molecule has 3 aromatic rings. The number of nitrogens with two attached hydrogens (primary N) is 1. The van der Waals surface area contributed by atoms with Gasteiger partial charge in [-0.1, -0.05) is 11.6 Å².